The van der Waals surface area contributed by atoms with Crippen LogP contribution in [0, 0.1) is 0 Å². The first-order chi connectivity index (χ1) is 14.5. The van der Waals surface area contributed by atoms with E-state index in [4.69, 9.17) is 9.47 Å². The molecular weight excluding hydrogens is 420 g/mol. The van der Waals surface area contributed by atoms with Crippen LogP contribution in [0.5, 0.6) is 5.75 Å². The molecule has 2 rings (SSSR count). The van der Waals surface area contributed by atoms with Crippen LogP contribution in [0.15, 0.2) is 53.4 Å². The lowest BCUT2D eigenvalue weighted by molar-refractivity contribution is -0.118. The number of hydrogen-bond acceptors (Lipinski definition) is 6. The Morgan fingerprint density at radius 2 is 1.55 bits per heavy atom. The van der Waals surface area contributed by atoms with Crippen LogP contribution in [0.1, 0.15) is 38.1 Å². The molecule has 31 heavy (non-hydrogen) atoms. The Hall–Kier alpha value is -2.91. The van der Waals surface area contributed by atoms with Gasteiger partial charge in [-0.1, -0.05) is 0 Å². The Labute approximate surface area is 183 Å². The minimum absolute atomic E-state index is 0.147. The molecule has 1 N–H and O–H groups in total. The van der Waals surface area contributed by atoms with Crippen molar-refractivity contribution in [3.05, 3.63) is 54.1 Å². The summed E-state index contributed by atoms with van der Waals surface area (Å²) in [6.07, 6.45) is -0.211. The molecular formula is C22H28N2O6S. The lowest BCUT2D eigenvalue weighted by atomic mass is 10.2. The zero-order valence-electron chi connectivity index (χ0n) is 18.3. The summed E-state index contributed by atoms with van der Waals surface area (Å²) < 4.78 is 36.8. The maximum Gasteiger partial charge on any atom is 0.338 e. The lowest BCUT2D eigenvalue weighted by Crippen LogP contribution is -2.33. The summed E-state index contributed by atoms with van der Waals surface area (Å²) >= 11 is 0. The van der Waals surface area contributed by atoms with E-state index in [1.54, 1.807) is 52.0 Å². The van der Waals surface area contributed by atoms with E-state index in [9.17, 15) is 18.0 Å². The first-order valence-electron chi connectivity index (χ1n) is 9.82. The summed E-state index contributed by atoms with van der Waals surface area (Å²) in [5, 5.41) is 2.65. The minimum Gasteiger partial charge on any atom is -0.484 e. The van der Waals surface area contributed by atoms with Crippen molar-refractivity contribution in [3.8, 4) is 5.75 Å². The van der Waals surface area contributed by atoms with E-state index in [0.29, 0.717) is 17.0 Å². The SMILES string of the molecule is CC(C)OC(=O)c1ccc(OCC(=O)Nc2ccc(S(=O)(=O)N(C)C(C)C)cc2)cc1. The van der Waals surface area contributed by atoms with Gasteiger partial charge in [-0.2, -0.15) is 4.31 Å². The maximum atomic E-state index is 12.5. The summed E-state index contributed by atoms with van der Waals surface area (Å²) in [6, 6.07) is 12.0. The van der Waals surface area contributed by atoms with Crippen LogP contribution < -0.4 is 10.1 Å². The van der Waals surface area contributed by atoms with Gasteiger partial charge in [-0.15, -0.1) is 0 Å². The number of amides is 1. The fourth-order valence-electron chi connectivity index (χ4n) is 2.47. The highest BCUT2D eigenvalue weighted by molar-refractivity contribution is 7.89. The number of anilines is 1. The van der Waals surface area contributed by atoms with Crippen LogP contribution in [-0.4, -0.2) is 50.4 Å². The fraction of sp³-hybridized carbons (Fsp3) is 0.364. The van der Waals surface area contributed by atoms with Crippen LogP contribution in [0.4, 0.5) is 5.69 Å². The summed E-state index contributed by atoms with van der Waals surface area (Å²) in [5.41, 5.74) is 0.843. The van der Waals surface area contributed by atoms with E-state index in [-0.39, 0.29) is 23.6 Å². The molecule has 0 unspecified atom stereocenters. The number of benzene rings is 2. The molecule has 0 spiro atoms. The number of ether oxygens (including phenoxy) is 2. The number of rotatable bonds is 9. The summed E-state index contributed by atoms with van der Waals surface area (Å²) in [6.45, 7) is 6.87. The van der Waals surface area contributed by atoms with Gasteiger partial charge in [0.1, 0.15) is 5.75 Å². The Morgan fingerprint density at radius 3 is 2.06 bits per heavy atom. The van der Waals surface area contributed by atoms with Crippen molar-refractivity contribution in [1.82, 2.24) is 4.31 Å². The number of hydrogen-bond donors (Lipinski definition) is 1. The highest BCUT2D eigenvalue weighted by Gasteiger charge is 2.22. The fourth-order valence-corrected chi connectivity index (χ4v) is 3.84. The molecule has 2 aromatic carbocycles. The van der Waals surface area contributed by atoms with Gasteiger partial charge in [0.05, 0.1) is 16.6 Å². The lowest BCUT2D eigenvalue weighted by Gasteiger charge is -2.21. The Morgan fingerprint density at radius 1 is 0.968 bits per heavy atom. The Kier molecular flexibility index (Phi) is 8.18. The first-order valence-corrected chi connectivity index (χ1v) is 11.3. The quantitative estimate of drug-likeness (QED) is 0.591. The van der Waals surface area contributed by atoms with Gasteiger partial charge in [-0.3, -0.25) is 4.79 Å². The van der Waals surface area contributed by atoms with E-state index >= 15 is 0 Å². The van der Waals surface area contributed by atoms with Crippen molar-refractivity contribution in [3.63, 3.8) is 0 Å². The van der Waals surface area contributed by atoms with Gasteiger partial charge in [-0.05, 0) is 76.2 Å². The van der Waals surface area contributed by atoms with Crippen LogP contribution in [0.25, 0.3) is 0 Å². The van der Waals surface area contributed by atoms with Crippen molar-refractivity contribution in [2.45, 2.75) is 44.7 Å². The average Bonchev–Trinajstić information content (AvgIpc) is 2.71. The third-order valence-corrected chi connectivity index (χ3v) is 6.39. The number of sulfonamides is 1. The second kappa shape index (κ2) is 10.4. The molecule has 0 atom stereocenters. The third kappa shape index (κ3) is 6.80. The number of nitrogens with zero attached hydrogens (tertiary/aromatic N) is 1. The Bertz CT molecular complexity index is 999. The zero-order chi connectivity index (χ0) is 23.2. The van der Waals surface area contributed by atoms with E-state index in [1.165, 1.54) is 35.6 Å². The molecule has 0 heterocycles. The molecule has 2 aromatic rings. The molecule has 9 heteroatoms. The number of esters is 1. The highest BCUT2D eigenvalue weighted by Crippen LogP contribution is 2.19. The van der Waals surface area contributed by atoms with Gasteiger partial charge in [0.2, 0.25) is 10.0 Å². The largest absolute Gasteiger partial charge is 0.484 e. The predicted octanol–water partition coefficient (Wildman–Crippen LogP) is 3.30. The smallest absolute Gasteiger partial charge is 0.338 e. The molecule has 1 amide bonds. The summed E-state index contributed by atoms with van der Waals surface area (Å²) in [7, 11) is -2.06. The molecule has 0 saturated carbocycles. The first kappa shape index (κ1) is 24.4. The van der Waals surface area contributed by atoms with Gasteiger partial charge >= 0.3 is 5.97 Å². The molecule has 0 aliphatic rings. The monoisotopic (exact) mass is 448 g/mol. The minimum atomic E-state index is -3.58. The normalized spacial score (nSPS) is 11.6. The topological polar surface area (TPSA) is 102 Å². The summed E-state index contributed by atoms with van der Waals surface area (Å²) in [4.78, 5) is 24.1. The second-order valence-electron chi connectivity index (χ2n) is 7.45. The van der Waals surface area contributed by atoms with Crippen LogP contribution >= 0.6 is 0 Å². The van der Waals surface area contributed by atoms with E-state index in [2.05, 4.69) is 5.32 Å². The van der Waals surface area contributed by atoms with E-state index in [1.807, 2.05) is 0 Å². The molecule has 0 fully saturated rings. The Balaban J connectivity index is 1.91. The van der Waals surface area contributed by atoms with Gasteiger partial charge in [0.25, 0.3) is 5.91 Å². The second-order valence-corrected chi connectivity index (χ2v) is 9.45. The number of nitrogens with one attached hydrogen (secondary N) is 1. The van der Waals surface area contributed by atoms with Gasteiger partial charge in [0, 0.05) is 18.8 Å². The van der Waals surface area contributed by atoms with Crippen LogP contribution in [0.3, 0.4) is 0 Å². The standard InChI is InChI=1S/C22H28N2O6S/c1-15(2)24(5)31(27,28)20-12-8-18(9-13-20)23-21(25)14-29-19-10-6-17(7-11-19)22(26)30-16(3)4/h6-13,15-16H,14H2,1-5H3,(H,23,25). The summed E-state index contributed by atoms with van der Waals surface area (Å²) in [5.74, 6) is -0.406. The number of carbonyl (C=O) groups is 2. The molecule has 0 radical (unpaired) electrons. The van der Waals surface area contributed by atoms with E-state index < -0.39 is 21.9 Å². The van der Waals surface area contributed by atoms with Crippen molar-refractivity contribution in [2.24, 2.45) is 0 Å². The molecule has 0 aliphatic heterocycles. The van der Waals surface area contributed by atoms with Crippen molar-refractivity contribution in [1.29, 1.82) is 0 Å². The molecule has 0 aliphatic carbocycles. The highest BCUT2D eigenvalue weighted by atomic mass is 32.2. The zero-order valence-corrected chi connectivity index (χ0v) is 19.1. The van der Waals surface area contributed by atoms with E-state index in [0.717, 1.165) is 0 Å². The number of carbonyl (C=O) groups excluding carboxylic acids is 2. The molecule has 168 valence electrons. The van der Waals surface area contributed by atoms with Gasteiger partial charge < -0.3 is 14.8 Å². The van der Waals surface area contributed by atoms with Crippen molar-refractivity contribution >= 4 is 27.6 Å². The molecule has 0 bridgehead atoms. The van der Waals surface area contributed by atoms with Crippen LogP contribution in [0.2, 0.25) is 0 Å². The van der Waals surface area contributed by atoms with Crippen molar-refractivity contribution < 1.29 is 27.5 Å². The molecule has 8 nitrogen and oxygen atoms in total. The molecule has 0 aromatic heterocycles. The van der Waals surface area contributed by atoms with Gasteiger partial charge in [0.15, 0.2) is 6.61 Å². The predicted molar refractivity (Wildman–Crippen MR) is 118 cm³/mol. The van der Waals surface area contributed by atoms with Gasteiger partial charge in [-0.25, -0.2) is 13.2 Å². The van der Waals surface area contributed by atoms with Crippen molar-refractivity contribution in [2.75, 3.05) is 19.0 Å². The average molecular weight is 449 g/mol. The van der Waals surface area contributed by atoms with Crippen LogP contribution in [-0.2, 0) is 19.6 Å². The third-order valence-electron chi connectivity index (χ3n) is 4.34. The molecule has 0 saturated heterocycles. The maximum absolute atomic E-state index is 12.5.